The highest BCUT2D eigenvalue weighted by molar-refractivity contribution is 6.01. The summed E-state index contributed by atoms with van der Waals surface area (Å²) in [6, 6.07) is 7.45. The SMILES string of the molecule is CCOC(=O)c1ccc(-n2c(C)cc(C(=O)C(F)(F)F)c2C)cc1. The zero-order valence-corrected chi connectivity index (χ0v) is 13.4. The van der Waals surface area contributed by atoms with Crippen LogP contribution in [-0.2, 0) is 4.74 Å². The van der Waals surface area contributed by atoms with E-state index in [0.29, 0.717) is 16.9 Å². The van der Waals surface area contributed by atoms with E-state index < -0.39 is 17.9 Å². The number of alkyl halides is 3. The molecule has 0 aliphatic rings. The van der Waals surface area contributed by atoms with Gasteiger partial charge in [0.05, 0.1) is 12.2 Å². The van der Waals surface area contributed by atoms with E-state index in [1.54, 1.807) is 26.0 Å². The standard InChI is InChI=1S/C17H16F3NO3/c1-4-24-16(23)12-5-7-13(8-6-12)21-10(2)9-14(11(21)3)15(22)17(18,19)20/h5-9H,4H2,1-3H3. The van der Waals surface area contributed by atoms with Gasteiger partial charge in [0.25, 0.3) is 5.78 Å². The summed E-state index contributed by atoms with van der Waals surface area (Å²) in [5.41, 5.74) is 1.20. The maximum absolute atomic E-state index is 12.7. The second kappa shape index (κ2) is 6.51. The third kappa shape index (κ3) is 3.34. The van der Waals surface area contributed by atoms with Crippen molar-refractivity contribution in [3.05, 3.63) is 52.8 Å². The van der Waals surface area contributed by atoms with Gasteiger partial charge >= 0.3 is 12.1 Å². The molecule has 1 heterocycles. The average molecular weight is 339 g/mol. The van der Waals surface area contributed by atoms with Crippen LogP contribution in [0.2, 0.25) is 0 Å². The Balaban J connectivity index is 2.42. The summed E-state index contributed by atoms with van der Waals surface area (Å²) in [5, 5.41) is 0. The fraction of sp³-hybridized carbons (Fsp3) is 0.294. The van der Waals surface area contributed by atoms with E-state index in [1.165, 1.54) is 29.7 Å². The first kappa shape index (κ1) is 17.8. The van der Waals surface area contributed by atoms with Crippen LogP contribution >= 0.6 is 0 Å². The first-order valence-electron chi connectivity index (χ1n) is 7.24. The summed E-state index contributed by atoms with van der Waals surface area (Å²) in [5.74, 6) is -2.34. The highest BCUT2D eigenvalue weighted by atomic mass is 19.4. The fourth-order valence-corrected chi connectivity index (χ4v) is 2.50. The van der Waals surface area contributed by atoms with Crippen molar-refractivity contribution in [3.8, 4) is 5.69 Å². The topological polar surface area (TPSA) is 48.3 Å². The number of benzene rings is 1. The van der Waals surface area contributed by atoms with Gasteiger partial charge in [-0.25, -0.2) is 4.79 Å². The Morgan fingerprint density at radius 1 is 1.12 bits per heavy atom. The lowest BCUT2D eigenvalue weighted by Gasteiger charge is -2.11. The molecule has 0 bridgehead atoms. The minimum Gasteiger partial charge on any atom is -0.462 e. The highest BCUT2D eigenvalue weighted by Crippen LogP contribution is 2.27. The van der Waals surface area contributed by atoms with Gasteiger partial charge in [0.2, 0.25) is 0 Å². The van der Waals surface area contributed by atoms with Crippen molar-refractivity contribution >= 4 is 11.8 Å². The van der Waals surface area contributed by atoms with Crippen molar-refractivity contribution < 1.29 is 27.5 Å². The number of esters is 1. The third-order valence-corrected chi connectivity index (χ3v) is 3.57. The van der Waals surface area contributed by atoms with E-state index in [4.69, 9.17) is 4.74 Å². The minimum absolute atomic E-state index is 0.193. The van der Waals surface area contributed by atoms with Crippen molar-refractivity contribution in [2.24, 2.45) is 0 Å². The van der Waals surface area contributed by atoms with Gasteiger partial charge in [-0.1, -0.05) is 0 Å². The predicted octanol–water partition coefficient (Wildman–Crippen LogP) is 4.02. The van der Waals surface area contributed by atoms with Gasteiger partial charge in [-0.15, -0.1) is 0 Å². The van der Waals surface area contributed by atoms with Crippen molar-refractivity contribution in [1.29, 1.82) is 0 Å². The molecule has 128 valence electrons. The summed E-state index contributed by atoms with van der Waals surface area (Å²) in [6.07, 6.45) is -4.92. The molecule has 2 rings (SSSR count). The quantitative estimate of drug-likeness (QED) is 0.624. The van der Waals surface area contributed by atoms with Crippen LogP contribution in [-0.4, -0.2) is 29.1 Å². The molecule has 0 saturated carbocycles. The van der Waals surface area contributed by atoms with Crippen molar-refractivity contribution in [1.82, 2.24) is 4.57 Å². The monoisotopic (exact) mass is 339 g/mol. The summed E-state index contributed by atoms with van der Waals surface area (Å²) >= 11 is 0. The Bertz CT molecular complexity index is 774. The van der Waals surface area contributed by atoms with E-state index in [9.17, 15) is 22.8 Å². The molecular weight excluding hydrogens is 323 g/mol. The molecule has 0 fully saturated rings. The number of aromatic nitrogens is 1. The van der Waals surface area contributed by atoms with Crippen LogP contribution in [0.15, 0.2) is 30.3 Å². The maximum Gasteiger partial charge on any atom is 0.454 e. The highest BCUT2D eigenvalue weighted by Gasteiger charge is 2.41. The Hall–Kier alpha value is -2.57. The molecule has 0 saturated heterocycles. The molecule has 4 nitrogen and oxygen atoms in total. The van der Waals surface area contributed by atoms with Gasteiger partial charge in [-0.3, -0.25) is 4.79 Å². The molecular formula is C17H16F3NO3. The molecule has 0 radical (unpaired) electrons. The van der Waals surface area contributed by atoms with Gasteiger partial charge in [-0.2, -0.15) is 13.2 Å². The van der Waals surface area contributed by atoms with Gasteiger partial charge in [0.15, 0.2) is 0 Å². The first-order chi connectivity index (χ1) is 11.2. The predicted molar refractivity (Wildman–Crippen MR) is 81.6 cm³/mol. The Labute approximate surface area is 136 Å². The third-order valence-electron chi connectivity index (χ3n) is 3.57. The Kier molecular flexibility index (Phi) is 4.82. The van der Waals surface area contributed by atoms with E-state index in [2.05, 4.69) is 0 Å². The number of carbonyl (C=O) groups is 2. The van der Waals surface area contributed by atoms with Crippen LogP contribution in [0.5, 0.6) is 0 Å². The molecule has 0 N–H and O–H groups in total. The summed E-state index contributed by atoms with van der Waals surface area (Å²) in [4.78, 5) is 23.1. The first-order valence-corrected chi connectivity index (χ1v) is 7.24. The number of rotatable bonds is 4. The number of Topliss-reactive ketones (excluding diaryl/α,β-unsaturated/α-hetero) is 1. The number of ether oxygens (including phenoxy) is 1. The maximum atomic E-state index is 12.7. The van der Waals surface area contributed by atoms with Gasteiger partial charge in [0, 0.05) is 22.6 Å². The molecule has 1 aromatic heterocycles. The van der Waals surface area contributed by atoms with Gasteiger partial charge < -0.3 is 9.30 Å². The van der Waals surface area contributed by atoms with Crippen LogP contribution in [0.4, 0.5) is 13.2 Å². The summed E-state index contributed by atoms with van der Waals surface area (Å²) in [7, 11) is 0. The number of ketones is 1. The van der Waals surface area contributed by atoms with E-state index in [-0.39, 0.29) is 17.9 Å². The molecule has 0 atom stereocenters. The minimum atomic E-state index is -4.92. The van der Waals surface area contributed by atoms with Crippen molar-refractivity contribution in [2.75, 3.05) is 6.61 Å². The molecule has 7 heteroatoms. The van der Waals surface area contributed by atoms with Crippen LogP contribution in [0.25, 0.3) is 5.69 Å². The van der Waals surface area contributed by atoms with E-state index >= 15 is 0 Å². The molecule has 0 spiro atoms. The fourth-order valence-electron chi connectivity index (χ4n) is 2.50. The van der Waals surface area contributed by atoms with Crippen molar-refractivity contribution in [2.45, 2.75) is 26.9 Å². The van der Waals surface area contributed by atoms with Crippen molar-refractivity contribution in [3.63, 3.8) is 0 Å². The molecule has 24 heavy (non-hydrogen) atoms. The molecule has 0 amide bonds. The molecule has 0 unspecified atom stereocenters. The molecule has 1 aromatic carbocycles. The average Bonchev–Trinajstić information content (AvgIpc) is 2.80. The number of aryl methyl sites for hydroxylation is 1. The molecule has 2 aromatic rings. The van der Waals surface area contributed by atoms with Gasteiger partial charge in [-0.05, 0) is 51.1 Å². The van der Waals surface area contributed by atoms with Crippen LogP contribution in [0.3, 0.4) is 0 Å². The summed E-state index contributed by atoms with van der Waals surface area (Å²) in [6.45, 7) is 5.00. The largest absolute Gasteiger partial charge is 0.462 e. The lowest BCUT2D eigenvalue weighted by atomic mass is 10.1. The Morgan fingerprint density at radius 2 is 1.71 bits per heavy atom. The van der Waals surface area contributed by atoms with Crippen LogP contribution < -0.4 is 0 Å². The molecule has 0 aliphatic carbocycles. The zero-order valence-electron chi connectivity index (χ0n) is 13.4. The number of hydrogen-bond donors (Lipinski definition) is 0. The summed E-state index contributed by atoms with van der Waals surface area (Å²) < 4.78 is 44.4. The number of nitrogens with zero attached hydrogens (tertiary/aromatic N) is 1. The number of halogens is 3. The van der Waals surface area contributed by atoms with Crippen LogP contribution in [0.1, 0.15) is 39.0 Å². The second-order valence-corrected chi connectivity index (χ2v) is 5.21. The van der Waals surface area contributed by atoms with Gasteiger partial charge in [0.1, 0.15) is 0 Å². The normalized spacial score (nSPS) is 11.4. The van der Waals surface area contributed by atoms with Crippen LogP contribution in [0, 0.1) is 13.8 Å². The zero-order chi connectivity index (χ0) is 18.1. The molecule has 0 aliphatic heterocycles. The lowest BCUT2D eigenvalue weighted by Crippen LogP contribution is -2.23. The lowest BCUT2D eigenvalue weighted by molar-refractivity contribution is -0.0885. The number of carbonyl (C=O) groups excluding carboxylic acids is 2. The second-order valence-electron chi connectivity index (χ2n) is 5.21. The Morgan fingerprint density at radius 3 is 2.21 bits per heavy atom. The van der Waals surface area contributed by atoms with E-state index in [0.717, 1.165) is 0 Å². The number of hydrogen-bond acceptors (Lipinski definition) is 3. The smallest absolute Gasteiger partial charge is 0.454 e. The van der Waals surface area contributed by atoms with E-state index in [1.807, 2.05) is 0 Å².